The van der Waals surface area contributed by atoms with Gasteiger partial charge in [-0.15, -0.1) is 0 Å². The summed E-state index contributed by atoms with van der Waals surface area (Å²) in [6.07, 6.45) is 1.34. The van der Waals surface area contributed by atoms with Crippen LogP contribution in [0.5, 0.6) is 0 Å². The molecule has 2 heterocycles. The zero-order chi connectivity index (χ0) is 18.8. The summed E-state index contributed by atoms with van der Waals surface area (Å²) in [6.45, 7) is 0.390. The van der Waals surface area contributed by atoms with Crippen molar-refractivity contribution < 1.29 is 23.8 Å². The summed E-state index contributed by atoms with van der Waals surface area (Å²) in [6, 6.07) is 6.88. The Morgan fingerprint density at radius 1 is 1.35 bits per heavy atom. The Hall–Kier alpha value is -2.28. The molecule has 0 spiro atoms. The van der Waals surface area contributed by atoms with E-state index in [4.69, 9.17) is 32.4 Å². The monoisotopic (exact) mass is 395 g/mol. The van der Waals surface area contributed by atoms with Gasteiger partial charge in [-0.3, -0.25) is 9.59 Å². The van der Waals surface area contributed by atoms with Gasteiger partial charge in [0, 0.05) is 23.7 Å². The highest BCUT2D eigenvalue weighted by Gasteiger charge is 2.44. The van der Waals surface area contributed by atoms with Crippen LogP contribution in [0.2, 0.25) is 10.0 Å². The number of benzene rings is 1. The largest absolute Gasteiger partial charge is 0.503 e. The number of Topliss-reactive ketones (excluding diaryl/α,β-unsaturated/α-hetero) is 1. The summed E-state index contributed by atoms with van der Waals surface area (Å²) in [5.41, 5.74) is 0.379. The Balaban J connectivity index is 2.12. The number of hydrogen-bond acceptors (Lipinski definition) is 5. The second kappa shape index (κ2) is 7.53. The minimum absolute atomic E-state index is 0.0167. The molecule has 26 heavy (non-hydrogen) atoms. The van der Waals surface area contributed by atoms with E-state index in [1.54, 1.807) is 18.2 Å². The zero-order valence-corrected chi connectivity index (χ0v) is 15.3. The van der Waals surface area contributed by atoms with Gasteiger partial charge in [-0.2, -0.15) is 0 Å². The highest BCUT2D eigenvalue weighted by Crippen LogP contribution is 2.41. The highest BCUT2D eigenvalue weighted by molar-refractivity contribution is 6.35. The predicted octanol–water partition coefficient (Wildman–Crippen LogP) is 3.81. The molecular formula is C18H15Cl2NO5. The van der Waals surface area contributed by atoms with Gasteiger partial charge in [-0.05, 0) is 29.8 Å². The van der Waals surface area contributed by atoms with Crippen molar-refractivity contribution in [1.82, 2.24) is 4.90 Å². The third-order valence-electron chi connectivity index (χ3n) is 4.09. The first kappa shape index (κ1) is 18.5. The average Bonchev–Trinajstić information content (AvgIpc) is 3.22. The molecule has 0 radical (unpaired) electrons. The quantitative estimate of drug-likeness (QED) is 0.752. The SMILES string of the molecule is COCCN1C(=O)C(O)=C(C(=O)c2ccco2)[C@@H]1c1ccc(Cl)cc1Cl. The molecule has 0 aliphatic carbocycles. The molecule has 3 rings (SSSR count). The number of carbonyl (C=O) groups is 2. The molecule has 1 aromatic heterocycles. The van der Waals surface area contributed by atoms with Crippen molar-refractivity contribution in [2.45, 2.75) is 6.04 Å². The van der Waals surface area contributed by atoms with Gasteiger partial charge in [0.15, 0.2) is 11.5 Å². The van der Waals surface area contributed by atoms with E-state index in [0.29, 0.717) is 10.6 Å². The number of methoxy groups -OCH3 is 1. The number of ether oxygens (including phenoxy) is 1. The number of halogens is 2. The number of aliphatic hydroxyl groups is 1. The fourth-order valence-electron chi connectivity index (χ4n) is 2.89. The van der Waals surface area contributed by atoms with E-state index in [0.717, 1.165) is 0 Å². The normalized spacial score (nSPS) is 17.3. The van der Waals surface area contributed by atoms with Gasteiger partial charge in [-0.25, -0.2) is 0 Å². The molecule has 1 atom stereocenters. The molecule has 0 bridgehead atoms. The summed E-state index contributed by atoms with van der Waals surface area (Å²) in [5.74, 6) is -1.87. The van der Waals surface area contributed by atoms with Crippen LogP contribution >= 0.6 is 23.2 Å². The van der Waals surface area contributed by atoms with Crippen molar-refractivity contribution in [3.05, 3.63) is 69.3 Å². The lowest BCUT2D eigenvalue weighted by molar-refractivity contribution is -0.130. The molecule has 2 aromatic rings. The lowest BCUT2D eigenvalue weighted by atomic mass is 9.95. The van der Waals surface area contributed by atoms with Crippen LogP contribution in [-0.2, 0) is 9.53 Å². The number of furan rings is 1. The van der Waals surface area contributed by atoms with E-state index in [1.807, 2.05) is 0 Å². The van der Waals surface area contributed by atoms with E-state index in [1.165, 1.54) is 30.4 Å². The Bertz CT molecular complexity index is 876. The van der Waals surface area contributed by atoms with Crippen molar-refractivity contribution in [3.63, 3.8) is 0 Å². The van der Waals surface area contributed by atoms with Crippen LogP contribution in [0.1, 0.15) is 22.2 Å². The predicted molar refractivity (Wildman–Crippen MR) is 95.5 cm³/mol. The van der Waals surface area contributed by atoms with Gasteiger partial charge in [0.1, 0.15) is 0 Å². The molecule has 8 heteroatoms. The van der Waals surface area contributed by atoms with Crippen LogP contribution in [0.25, 0.3) is 0 Å². The molecular weight excluding hydrogens is 381 g/mol. The molecule has 1 amide bonds. The van der Waals surface area contributed by atoms with Crippen LogP contribution in [0, 0.1) is 0 Å². The van der Waals surface area contributed by atoms with Gasteiger partial charge in [0.05, 0.1) is 24.5 Å². The minimum atomic E-state index is -0.875. The van der Waals surface area contributed by atoms with Crippen molar-refractivity contribution in [1.29, 1.82) is 0 Å². The number of carbonyl (C=O) groups excluding carboxylic acids is 2. The maximum absolute atomic E-state index is 12.9. The number of amides is 1. The maximum Gasteiger partial charge on any atom is 0.290 e. The van der Waals surface area contributed by atoms with E-state index in [-0.39, 0.29) is 29.5 Å². The molecule has 6 nitrogen and oxygen atoms in total. The molecule has 1 aromatic carbocycles. The van der Waals surface area contributed by atoms with Gasteiger partial charge >= 0.3 is 0 Å². The second-order valence-corrected chi connectivity index (χ2v) is 6.47. The lowest BCUT2D eigenvalue weighted by Crippen LogP contribution is -2.34. The summed E-state index contributed by atoms with van der Waals surface area (Å²) in [7, 11) is 1.49. The smallest absolute Gasteiger partial charge is 0.290 e. The van der Waals surface area contributed by atoms with Crippen molar-refractivity contribution in [3.8, 4) is 0 Å². The summed E-state index contributed by atoms with van der Waals surface area (Å²) >= 11 is 12.3. The first-order valence-corrected chi connectivity index (χ1v) is 8.47. The molecule has 136 valence electrons. The fraction of sp³-hybridized carbons (Fsp3) is 0.222. The van der Waals surface area contributed by atoms with Crippen LogP contribution in [0.15, 0.2) is 52.3 Å². The number of hydrogen-bond donors (Lipinski definition) is 1. The Labute approximate surface area is 159 Å². The summed E-state index contributed by atoms with van der Waals surface area (Å²) < 4.78 is 10.2. The number of ketones is 1. The van der Waals surface area contributed by atoms with Crippen LogP contribution in [0.4, 0.5) is 0 Å². The van der Waals surface area contributed by atoms with Gasteiger partial charge in [-0.1, -0.05) is 29.3 Å². The lowest BCUT2D eigenvalue weighted by Gasteiger charge is -2.27. The minimum Gasteiger partial charge on any atom is -0.503 e. The van der Waals surface area contributed by atoms with E-state index < -0.39 is 23.5 Å². The summed E-state index contributed by atoms with van der Waals surface area (Å²) in [4.78, 5) is 26.8. The molecule has 0 saturated heterocycles. The van der Waals surface area contributed by atoms with Gasteiger partial charge in [0.25, 0.3) is 5.91 Å². The van der Waals surface area contributed by atoms with E-state index in [2.05, 4.69) is 0 Å². The third kappa shape index (κ3) is 3.23. The summed E-state index contributed by atoms with van der Waals surface area (Å²) in [5, 5.41) is 11.1. The van der Waals surface area contributed by atoms with Crippen LogP contribution in [0.3, 0.4) is 0 Å². The number of rotatable bonds is 6. The number of nitrogens with zero attached hydrogens (tertiary/aromatic N) is 1. The Morgan fingerprint density at radius 3 is 2.73 bits per heavy atom. The van der Waals surface area contributed by atoms with Crippen LogP contribution in [-0.4, -0.2) is 42.0 Å². The Kier molecular flexibility index (Phi) is 5.36. The Morgan fingerprint density at radius 2 is 2.12 bits per heavy atom. The molecule has 1 N–H and O–H groups in total. The van der Waals surface area contributed by atoms with E-state index >= 15 is 0 Å². The zero-order valence-electron chi connectivity index (χ0n) is 13.7. The van der Waals surface area contributed by atoms with E-state index in [9.17, 15) is 14.7 Å². The second-order valence-electron chi connectivity index (χ2n) is 5.63. The van der Waals surface area contributed by atoms with Crippen molar-refractivity contribution in [2.75, 3.05) is 20.3 Å². The first-order chi connectivity index (χ1) is 12.5. The highest BCUT2D eigenvalue weighted by atomic mass is 35.5. The number of aliphatic hydroxyl groups excluding tert-OH is 1. The molecule has 0 saturated carbocycles. The van der Waals surface area contributed by atoms with Gasteiger partial charge < -0.3 is 19.2 Å². The third-order valence-corrected chi connectivity index (χ3v) is 4.65. The molecule has 1 aliphatic heterocycles. The molecule has 0 fully saturated rings. The first-order valence-electron chi connectivity index (χ1n) is 7.72. The molecule has 1 aliphatic rings. The van der Waals surface area contributed by atoms with Crippen LogP contribution < -0.4 is 0 Å². The standard InChI is InChI=1S/C18H15Cl2NO5/c1-25-8-6-21-15(11-5-4-10(19)9-12(11)20)14(17(23)18(21)24)16(22)13-3-2-7-26-13/h2-5,7,9,15,23H,6,8H2,1H3/t15-/m0/s1. The maximum atomic E-state index is 12.9. The average molecular weight is 396 g/mol. The molecule has 0 unspecified atom stereocenters. The van der Waals surface area contributed by atoms with Crippen molar-refractivity contribution >= 4 is 34.9 Å². The van der Waals surface area contributed by atoms with Gasteiger partial charge in [0.2, 0.25) is 5.78 Å². The fourth-order valence-corrected chi connectivity index (χ4v) is 3.40. The van der Waals surface area contributed by atoms with Crippen molar-refractivity contribution in [2.24, 2.45) is 0 Å². The topological polar surface area (TPSA) is 80.0 Å².